The Morgan fingerprint density at radius 2 is 1.18 bits per heavy atom. The van der Waals surface area contributed by atoms with Crippen molar-refractivity contribution >= 4 is 129 Å². The molecule has 2 heterocycles. The molecular weight excluding hydrogens is 1530 g/mol. The number of ether oxygens (including phenoxy) is 2. The average molecular weight is 1640 g/mol. The van der Waals surface area contributed by atoms with Crippen LogP contribution in [0.5, 0.6) is 0 Å². The number of nitrogens with zero attached hydrogens (tertiary/aromatic N) is 1. The number of unbranched alkanes of at least 4 members (excludes halogenated alkanes) is 4. The first-order valence-corrected chi connectivity index (χ1v) is 37.9. The summed E-state index contributed by atoms with van der Waals surface area (Å²) in [5, 5.41) is 67.3. The number of H-pyrrole nitrogens is 1. The van der Waals surface area contributed by atoms with Gasteiger partial charge in [0.25, 0.3) is 0 Å². The molecule has 644 valence electrons. The van der Waals surface area contributed by atoms with E-state index in [9.17, 15) is 116 Å². The number of esters is 1. The summed E-state index contributed by atoms with van der Waals surface area (Å²) in [6.45, 7) is 6.89. The maximum atomic E-state index is 15.0. The molecule has 1 aliphatic heterocycles. The van der Waals surface area contributed by atoms with E-state index >= 15 is 0 Å². The molecule has 15 atom stereocenters. The summed E-state index contributed by atoms with van der Waals surface area (Å²) in [6, 6.07) is -14.7. The van der Waals surface area contributed by atoms with Crippen molar-refractivity contribution in [2.24, 2.45) is 29.0 Å². The monoisotopic (exact) mass is 1640 g/mol. The van der Waals surface area contributed by atoms with E-state index in [4.69, 9.17) is 26.7 Å². The average Bonchev–Trinajstić information content (AvgIpc) is 1.58. The number of benzene rings is 1. The molecule has 116 heavy (non-hydrogen) atoms. The Morgan fingerprint density at radius 1 is 0.595 bits per heavy atom. The van der Waals surface area contributed by atoms with Gasteiger partial charge in [0, 0.05) is 56.9 Å². The fraction of sp³-hybridized carbons (Fsp3) is 0.616. The van der Waals surface area contributed by atoms with E-state index in [1.807, 2.05) is 5.32 Å². The number of aromatic amines is 1. The van der Waals surface area contributed by atoms with Crippen LogP contribution < -0.4 is 81.0 Å². The summed E-state index contributed by atoms with van der Waals surface area (Å²) in [7, 11) is 1.75. The number of carboxylic acid groups (broad SMARTS) is 4. The number of amides is 15. The van der Waals surface area contributed by atoms with Crippen LogP contribution in [0.4, 0.5) is 0 Å². The minimum atomic E-state index is -2.30. The quantitative estimate of drug-likeness (QED) is 0.0222. The molecule has 43 nitrogen and oxygen atoms in total. The van der Waals surface area contributed by atoms with Crippen LogP contribution in [0.15, 0.2) is 30.5 Å². The number of nitrogens with one attached hydrogen (secondary N) is 13. The van der Waals surface area contributed by atoms with E-state index in [1.54, 1.807) is 30.5 Å². The van der Waals surface area contributed by atoms with Crippen LogP contribution in [-0.2, 0) is 112 Å². The Morgan fingerprint density at radius 3 is 1.77 bits per heavy atom. The van der Waals surface area contributed by atoms with Gasteiger partial charge in [0.2, 0.25) is 88.6 Å². The lowest BCUT2D eigenvalue weighted by atomic mass is 9.98. The number of primary amides is 2. The van der Waals surface area contributed by atoms with Crippen molar-refractivity contribution in [2.75, 3.05) is 33.8 Å². The van der Waals surface area contributed by atoms with Gasteiger partial charge in [0.05, 0.1) is 32.4 Å². The Bertz CT molecular complexity index is 3840. The number of cyclic esters (lactones) is 1. The van der Waals surface area contributed by atoms with Crippen LogP contribution in [0.3, 0.4) is 0 Å². The number of methoxy groups -OCH3 is 1. The van der Waals surface area contributed by atoms with Crippen LogP contribution in [0.25, 0.3) is 10.9 Å². The highest BCUT2D eigenvalue weighted by atomic mass is 16.5. The molecule has 1 saturated heterocycles. The molecule has 43 heteroatoms. The standard InChI is InChI=1S/C73H111N17O26/c1-9-36(3)19-13-11-12-14-23-52(93)80-46(29-40-33-77-42-21-16-15-20-41(40)42)66(106)83-44(24-26-55(96)97)63(103)86-48(31-51(76)92)69(109)88-59-39(6)116-73(114)58(37(4)10-2)87-65(105)45(25-27-56(98)99)84-67(107)47(30-50(75)91)81-53(94)34-78-70(110)60(61(115-8)72(112)113)89-64(104)43(22-17-18-28-74)82-68(108)49(32-57(100)101)85-62(102)38(5)79-54(95)35-90(7)71(59)111/h15-16,20-21,33,36-39,43-49,58-61,77H,9-14,17-19,22-32,34-35,74H2,1-8H3,(H2,75,91)(H2,76,92)(H,78,110)(H,79,95)(H,80,93)(H,81,94)(H,82,108)(H,83,106)(H,84,107)(H,85,102)(H,86,103)(H,87,105)(H,88,109)(H,89,104)(H,96,97)(H,98,99)(H,100,101)(H,112,113)/t36?,37-,38-,39+,43+,44+,45-,46-,47+,48-,49-,58-,59-,60-,61?/m0/s1. The normalized spacial score (nSPS) is 21.8. The number of aromatic nitrogens is 1. The summed E-state index contributed by atoms with van der Waals surface area (Å²) in [5.41, 5.74) is 17.9. The largest absolute Gasteiger partial charge is 0.481 e. The SMILES string of the molecule is CCC(C)CCCCCCC(=O)N[C@@H](Cc1c[nH]c2ccccc12)C(=O)N[C@H](CCC(=O)O)C(=O)N[C@@H](CC(N)=O)C(=O)N[C@@H]1C(=O)N(C)CC(=O)N[C@@H](C)C(=O)N[C@@H](CC(=O)O)C(=O)N[C@H](CCCCN)C(=O)N[C@@H](C(OC)C(=O)O)C(=O)NCC(=O)N[C@H](CC(N)=O)C(=O)N[C@@H](CCC(=O)O)C(=O)N[C@@H]([C@@H](C)CC)C(=O)O[C@@H]1C. The van der Waals surface area contributed by atoms with Gasteiger partial charge in [-0.3, -0.25) is 86.3 Å². The minimum Gasteiger partial charge on any atom is -0.481 e. The maximum Gasteiger partial charge on any atom is 0.335 e. The molecule has 0 radical (unpaired) electrons. The van der Waals surface area contributed by atoms with Gasteiger partial charge >= 0.3 is 29.8 Å². The van der Waals surface area contributed by atoms with Gasteiger partial charge in [-0.15, -0.1) is 0 Å². The zero-order valence-electron chi connectivity index (χ0n) is 66.1. The first-order chi connectivity index (χ1) is 54.6. The van der Waals surface area contributed by atoms with E-state index in [1.165, 1.54) is 13.8 Å². The van der Waals surface area contributed by atoms with Crippen molar-refractivity contribution in [3.63, 3.8) is 0 Å². The number of carbonyl (C=O) groups excluding carboxylic acids is 16. The van der Waals surface area contributed by atoms with E-state index in [0.717, 1.165) is 53.7 Å². The fourth-order valence-corrected chi connectivity index (χ4v) is 12.0. The van der Waals surface area contributed by atoms with Gasteiger partial charge in [-0.2, -0.15) is 0 Å². The van der Waals surface area contributed by atoms with Gasteiger partial charge < -0.3 is 121 Å². The van der Waals surface area contributed by atoms with Crippen molar-refractivity contribution in [1.29, 1.82) is 0 Å². The second-order valence-electron chi connectivity index (χ2n) is 28.3. The Hall–Kier alpha value is -11.9. The summed E-state index contributed by atoms with van der Waals surface area (Å²) in [6.07, 6.45) is -4.63. The first-order valence-electron chi connectivity index (χ1n) is 37.9. The second kappa shape index (κ2) is 49.7. The molecule has 0 spiro atoms. The number of aliphatic carboxylic acids is 4. The molecule has 3 rings (SSSR count). The number of carbonyl (C=O) groups is 20. The summed E-state index contributed by atoms with van der Waals surface area (Å²) < 4.78 is 10.8. The Balaban J connectivity index is 2.25. The third-order valence-electron chi connectivity index (χ3n) is 19.0. The van der Waals surface area contributed by atoms with Gasteiger partial charge in [-0.05, 0) is 82.4 Å². The van der Waals surface area contributed by atoms with Crippen molar-refractivity contribution in [3.8, 4) is 0 Å². The van der Waals surface area contributed by atoms with Crippen LogP contribution >= 0.6 is 0 Å². The first kappa shape index (κ1) is 98.3. The lowest BCUT2D eigenvalue weighted by molar-refractivity contribution is -0.159. The number of rotatable bonds is 38. The van der Waals surface area contributed by atoms with Crippen molar-refractivity contribution in [3.05, 3.63) is 36.0 Å². The van der Waals surface area contributed by atoms with Crippen LogP contribution in [-0.4, -0.2) is 261 Å². The lowest BCUT2D eigenvalue weighted by Gasteiger charge is -2.32. The second-order valence-corrected chi connectivity index (χ2v) is 28.3. The molecule has 0 aliphatic carbocycles. The number of likely N-dealkylation sites (N-methyl/N-ethyl adjacent to an activating group) is 1. The fourth-order valence-electron chi connectivity index (χ4n) is 12.0. The highest BCUT2D eigenvalue weighted by Gasteiger charge is 2.42. The number of fused-ring (bicyclic) bond motifs is 1. The predicted octanol–water partition coefficient (Wildman–Crippen LogP) is -4.80. The predicted molar refractivity (Wildman–Crippen MR) is 407 cm³/mol. The van der Waals surface area contributed by atoms with Crippen LogP contribution in [0.1, 0.15) is 163 Å². The third-order valence-corrected chi connectivity index (χ3v) is 19.0. The number of nitrogens with two attached hydrogens (primary N) is 3. The zero-order chi connectivity index (χ0) is 87.2. The molecule has 1 aliphatic rings. The Labute approximate surface area is 667 Å². The number of hydrogen-bond donors (Lipinski definition) is 20. The molecule has 15 amide bonds. The molecule has 0 bridgehead atoms. The molecule has 0 saturated carbocycles. The van der Waals surface area contributed by atoms with Crippen LogP contribution in [0.2, 0.25) is 0 Å². The minimum absolute atomic E-state index is 0.00341. The zero-order valence-corrected chi connectivity index (χ0v) is 66.1. The van der Waals surface area contributed by atoms with E-state index in [0.29, 0.717) is 40.1 Å². The van der Waals surface area contributed by atoms with E-state index < -0.39 is 261 Å². The highest BCUT2D eigenvalue weighted by molar-refractivity contribution is 6.02. The maximum absolute atomic E-state index is 15.0. The molecule has 23 N–H and O–H groups in total. The molecule has 1 fully saturated rings. The smallest absolute Gasteiger partial charge is 0.335 e. The molecular formula is C73H111N17O26. The topological polar surface area (TPSA) is 682 Å². The molecule has 2 aromatic rings. The van der Waals surface area contributed by atoms with Gasteiger partial charge in [-0.1, -0.05) is 84.4 Å². The Kier molecular flexibility index (Phi) is 42.1. The van der Waals surface area contributed by atoms with Gasteiger partial charge in [0.1, 0.15) is 72.6 Å². The van der Waals surface area contributed by atoms with Crippen molar-refractivity contribution in [2.45, 2.75) is 242 Å². The highest BCUT2D eigenvalue weighted by Crippen LogP contribution is 2.22. The summed E-state index contributed by atoms with van der Waals surface area (Å²) in [5.74, 6) is -27.6. The summed E-state index contributed by atoms with van der Waals surface area (Å²) in [4.78, 5) is 277. The van der Waals surface area contributed by atoms with Crippen molar-refractivity contribution < 1.29 is 126 Å². The summed E-state index contributed by atoms with van der Waals surface area (Å²) >= 11 is 0. The van der Waals surface area contributed by atoms with Gasteiger partial charge in [-0.25, -0.2) is 9.59 Å². The van der Waals surface area contributed by atoms with E-state index in [-0.39, 0.29) is 45.1 Å². The number of hydrogen-bond acceptors (Lipinski definition) is 23. The molecule has 1 aromatic carbocycles. The number of para-hydroxylation sites is 1. The van der Waals surface area contributed by atoms with Crippen molar-refractivity contribution in [1.82, 2.24) is 73.7 Å². The lowest BCUT2D eigenvalue weighted by Crippen LogP contribution is -2.62. The molecule has 2 unspecified atom stereocenters. The number of carboxylic acids is 4. The van der Waals surface area contributed by atoms with Crippen LogP contribution in [0, 0.1) is 11.8 Å². The van der Waals surface area contributed by atoms with E-state index in [2.05, 4.69) is 77.3 Å². The van der Waals surface area contributed by atoms with Gasteiger partial charge in [0.15, 0.2) is 6.10 Å². The third kappa shape index (κ3) is 34.0. The molecule has 1 aromatic heterocycles.